The van der Waals surface area contributed by atoms with E-state index in [4.69, 9.17) is 4.74 Å². The van der Waals surface area contributed by atoms with E-state index in [9.17, 15) is 0 Å². The van der Waals surface area contributed by atoms with Crippen LogP contribution in [0, 0.1) is 5.92 Å². The fraction of sp³-hybridized carbons (Fsp3) is 0.786. The van der Waals surface area contributed by atoms with E-state index in [0.29, 0.717) is 6.04 Å². The number of aromatic amines is 1. The van der Waals surface area contributed by atoms with E-state index >= 15 is 0 Å². The molecule has 5 heteroatoms. The highest BCUT2D eigenvalue weighted by molar-refractivity contribution is 5.20. The van der Waals surface area contributed by atoms with E-state index in [1.165, 1.54) is 37.3 Å². The van der Waals surface area contributed by atoms with Crippen LogP contribution in [0.25, 0.3) is 0 Å². The summed E-state index contributed by atoms with van der Waals surface area (Å²) in [7, 11) is 1.78. The molecule has 2 aliphatic rings. The number of nitrogens with one attached hydrogen (secondary N) is 2. The fourth-order valence-corrected chi connectivity index (χ4v) is 3.37. The highest BCUT2D eigenvalue weighted by Gasteiger charge is 2.31. The fourth-order valence-electron chi connectivity index (χ4n) is 3.37. The Morgan fingerprint density at radius 3 is 3.05 bits per heavy atom. The van der Waals surface area contributed by atoms with Crippen molar-refractivity contribution in [1.82, 2.24) is 20.2 Å². The van der Waals surface area contributed by atoms with Crippen molar-refractivity contribution in [2.24, 2.45) is 5.92 Å². The maximum atomic E-state index is 5.16. The summed E-state index contributed by atoms with van der Waals surface area (Å²) in [6.45, 7) is 5.35. The van der Waals surface area contributed by atoms with Crippen molar-refractivity contribution in [3.63, 3.8) is 0 Å². The zero-order valence-corrected chi connectivity index (χ0v) is 11.7. The van der Waals surface area contributed by atoms with E-state index in [-0.39, 0.29) is 0 Å². The molecule has 0 unspecified atom stereocenters. The Hall–Kier alpha value is -0.910. The Bertz CT molecular complexity index is 398. The smallest absolute Gasteiger partial charge is 0.0925 e. The SMILES string of the molecule is COCCN1CCC([C@H]2NCCc3[nH]cnc32)CC1. The number of likely N-dealkylation sites (tertiary alicyclic amines) is 1. The average molecular weight is 264 g/mol. The molecule has 0 spiro atoms. The molecule has 2 N–H and O–H groups in total. The third kappa shape index (κ3) is 2.83. The van der Waals surface area contributed by atoms with Crippen molar-refractivity contribution in [1.29, 1.82) is 0 Å². The van der Waals surface area contributed by atoms with Gasteiger partial charge in [0.2, 0.25) is 0 Å². The summed E-state index contributed by atoms with van der Waals surface area (Å²) in [5.74, 6) is 0.723. The minimum Gasteiger partial charge on any atom is -0.383 e. The number of nitrogens with zero attached hydrogens (tertiary/aromatic N) is 2. The summed E-state index contributed by atoms with van der Waals surface area (Å²) in [4.78, 5) is 10.3. The number of methoxy groups -OCH3 is 1. The Balaban J connectivity index is 1.58. The molecule has 0 aliphatic carbocycles. The third-order valence-electron chi connectivity index (χ3n) is 4.50. The summed E-state index contributed by atoms with van der Waals surface area (Å²) in [5.41, 5.74) is 2.60. The molecule has 0 bridgehead atoms. The number of rotatable bonds is 4. The van der Waals surface area contributed by atoms with Crippen molar-refractivity contribution in [2.75, 3.05) is 39.9 Å². The Labute approximate surface area is 114 Å². The monoisotopic (exact) mass is 264 g/mol. The van der Waals surface area contributed by atoms with Gasteiger partial charge in [0.05, 0.1) is 24.7 Å². The van der Waals surface area contributed by atoms with Crippen molar-refractivity contribution >= 4 is 0 Å². The van der Waals surface area contributed by atoms with Crippen molar-refractivity contribution < 1.29 is 4.74 Å². The molecule has 5 nitrogen and oxygen atoms in total. The van der Waals surface area contributed by atoms with Crippen LogP contribution in [-0.4, -0.2) is 54.8 Å². The summed E-state index contributed by atoms with van der Waals surface area (Å²) in [6.07, 6.45) is 5.44. The van der Waals surface area contributed by atoms with Gasteiger partial charge in [-0.15, -0.1) is 0 Å². The predicted octanol–water partition coefficient (Wildman–Crippen LogP) is 0.955. The quantitative estimate of drug-likeness (QED) is 0.850. The Morgan fingerprint density at radius 1 is 1.42 bits per heavy atom. The summed E-state index contributed by atoms with van der Waals surface area (Å²) < 4.78 is 5.16. The van der Waals surface area contributed by atoms with Gasteiger partial charge >= 0.3 is 0 Å². The molecule has 19 heavy (non-hydrogen) atoms. The van der Waals surface area contributed by atoms with Crippen LogP contribution in [0.1, 0.15) is 30.3 Å². The number of piperidine rings is 1. The predicted molar refractivity (Wildman–Crippen MR) is 74.1 cm³/mol. The molecule has 2 aliphatic heterocycles. The summed E-state index contributed by atoms with van der Waals surface area (Å²) in [5, 5.41) is 3.66. The molecule has 1 atom stereocenters. The second-order valence-corrected chi connectivity index (χ2v) is 5.62. The van der Waals surface area contributed by atoms with Gasteiger partial charge < -0.3 is 19.9 Å². The number of aromatic nitrogens is 2. The normalized spacial score (nSPS) is 25.4. The first-order chi connectivity index (χ1) is 9.38. The second-order valence-electron chi connectivity index (χ2n) is 5.62. The lowest BCUT2D eigenvalue weighted by Crippen LogP contribution is -2.42. The lowest BCUT2D eigenvalue weighted by Gasteiger charge is -2.37. The molecule has 0 saturated carbocycles. The molecule has 3 heterocycles. The lowest BCUT2D eigenvalue weighted by molar-refractivity contribution is 0.109. The summed E-state index contributed by atoms with van der Waals surface area (Å²) >= 11 is 0. The highest BCUT2D eigenvalue weighted by Crippen LogP contribution is 2.33. The van der Waals surface area contributed by atoms with Crippen molar-refractivity contribution in [3.05, 3.63) is 17.7 Å². The van der Waals surface area contributed by atoms with E-state index in [1.54, 1.807) is 7.11 Å². The largest absolute Gasteiger partial charge is 0.383 e. The van der Waals surface area contributed by atoms with Gasteiger partial charge in [-0.2, -0.15) is 0 Å². The van der Waals surface area contributed by atoms with E-state index in [0.717, 1.165) is 32.0 Å². The number of ether oxygens (including phenoxy) is 1. The van der Waals surface area contributed by atoms with Gasteiger partial charge in [-0.1, -0.05) is 0 Å². The van der Waals surface area contributed by atoms with Gasteiger partial charge in [0, 0.05) is 32.3 Å². The van der Waals surface area contributed by atoms with Gasteiger partial charge in [-0.3, -0.25) is 0 Å². The molecule has 1 saturated heterocycles. The summed E-state index contributed by atoms with van der Waals surface area (Å²) in [6, 6.07) is 0.458. The highest BCUT2D eigenvalue weighted by atomic mass is 16.5. The van der Waals surface area contributed by atoms with Crippen LogP contribution < -0.4 is 5.32 Å². The standard InChI is InChI=1S/C14H24N4O/c1-19-9-8-18-6-3-11(4-7-18)13-14-12(2-5-15-13)16-10-17-14/h10-11,13,15H,2-9H2,1H3,(H,16,17)/t13-/m1/s1. The van der Waals surface area contributed by atoms with Crippen LogP contribution in [0.2, 0.25) is 0 Å². The van der Waals surface area contributed by atoms with Crippen LogP contribution in [-0.2, 0) is 11.2 Å². The van der Waals surface area contributed by atoms with Gasteiger partial charge in [-0.05, 0) is 31.8 Å². The first-order valence-electron chi connectivity index (χ1n) is 7.35. The molecule has 0 amide bonds. The van der Waals surface area contributed by atoms with E-state index in [1.807, 2.05) is 6.33 Å². The molecule has 1 aromatic heterocycles. The van der Waals surface area contributed by atoms with Gasteiger partial charge in [-0.25, -0.2) is 4.98 Å². The van der Waals surface area contributed by atoms with E-state index < -0.39 is 0 Å². The molecule has 0 radical (unpaired) electrons. The van der Waals surface area contributed by atoms with E-state index in [2.05, 4.69) is 20.2 Å². The number of H-pyrrole nitrogens is 1. The van der Waals surface area contributed by atoms with Crippen LogP contribution in [0.5, 0.6) is 0 Å². The van der Waals surface area contributed by atoms with Gasteiger partial charge in [0.15, 0.2) is 0 Å². The maximum Gasteiger partial charge on any atom is 0.0925 e. The zero-order valence-electron chi connectivity index (χ0n) is 11.7. The number of fused-ring (bicyclic) bond motifs is 1. The number of hydrogen-bond donors (Lipinski definition) is 2. The second kappa shape index (κ2) is 6.03. The molecule has 3 rings (SSSR count). The van der Waals surface area contributed by atoms with Crippen LogP contribution in [0.15, 0.2) is 6.33 Å². The third-order valence-corrected chi connectivity index (χ3v) is 4.50. The molecule has 0 aromatic carbocycles. The zero-order chi connectivity index (χ0) is 13.1. The lowest BCUT2D eigenvalue weighted by atomic mass is 9.85. The van der Waals surface area contributed by atoms with Crippen LogP contribution >= 0.6 is 0 Å². The topological polar surface area (TPSA) is 53.2 Å². The number of imidazole rings is 1. The van der Waals surface area contributed by atoms with Crippen LogP contribution in [0.4, 0.5) is 0 Å². The first-order valence-corrected chi connectivity index (χ1v) is 7.35. The van der Waals surface area contributed by atoms with Crippen LogP contribution in [0.3, 0.4) is 0 Å². The molecular weight excluding hydrogens is 240 g/mol. The average Bonchev–Trinajstić information content (AvgIpc) is 2.94. The maximum absolute atomic E-state index is 5.16. The van der Waals surface area contributed by atoms with Crippen molar-refractivity contribution in [3.8, 4) is 0 Å². The minimum atomic E-state index is 0.458. The molecular formula is C14H24N4O. The van der Waals surface area contributed by atoms with Crippen molar-refractivity contribution in [2.45, 2.75) is 25.3 Å². The minimum absolute atomic E-state index is 0.458. The van der Waals surface area contributed by atoms with Gasteiger partial charge in [0.1, 0.15) is 0 Å². The molecule has 1 aromatic rings. The molecule has 1 fully saturated rings. The Morgan fingerprint density at radius 2 is 2.26 bits per heavy atom. The molecule has 106 valence electrons. The Kier molecular flexibility index (Phi) is 4.15. The number of hydrogen-bond acceptors (Lipinski definition) is 4. The first kappa shape index (κ1) is 13.1. The van der Waals surface area contributed by atoms with Gasteiger partial charge in [0.25, 0.3) is 0 Å².